The van der Waals surface area contributed by atoms with Crippen LogP contribution >= 0.6 is 11.0 Å². The van der Waals surface area contributed by atoms with Crippen molar-refractivity contribution < 1.29 is 13.5 Å². The van der Waals surface area contributed by atoms with E-state index in [1.54, 1.807) is 30.3 Å². The van der Waals surface area contributed by atoms with Crippen LogP contribution in [-0.4, -0.2) is 21.7 Å². The SMILES string of the molecule is CC(N)CCN1c2ccccc2N(c2ccccc2F)S1(O)O. The maximum Gasteiger partial charge on any atom is 0.148 e. The van der Waals surface area contributed by atoms with Crippen molar-refractivity contribution in [2.24, 2.45) is 5.73 Å². The molecule has 4 N–H and O–H groups in total. The lowest BCUT2D eigenvalue weighted by Gasteiger charge is -2.44. The molecule has 3 rings (SSSR count). The summed E-state index contributed by atoms with van der Waals surface area (Å²) < 4.78 is 38.6. The number of benzene rings is 2. The Bertz CT molecular complexity index is 711. The standard InChI is InChI=1S/C16H20FN3O2S/c1-12(18)10-11-19-15-8-4-5-9-16(15)20(23(19,21)22)14-7-3-2-6-13(14)17/h2-9,12,21-22H,10-11,18H2,1H3. The third kappa shape index (κ3) is 2.76. The lowest BCUT2D eigenvalue weighted by Crippen LogP contribution is -2.34. The largest absolute Gasteiger partial charge is 0.328 e. The number of hydrogen-bond donors (Lipinski definition) is 3. The molecule has 0 amide bonds. The van der Waals surface area contributed by atoms with E-state index in [1.807, 2.05) is 13.0 Å². The van der Waals surface area contributed by atoms with Crippen LogP contribution in [0, 0.1) is 5.82 Å². The predicted octanol–water partition coefficient (Wildman–Crippen LogP) is 4.10. The Labute approximate surface area is 136 Å². The van der Waals surface area contributed by atoms with E-state index >= 15 is 0 Å². The number of nitrogens with two attached hydrogens (primary N) is 1. The third-order valence-corrected chi connectivity index (χ3v) is 5.62. The van der Waals surface area contributed by atoms with Crippen LogP contribution in [-0.2, 0) is 0 Å². The molecule has 2 aromatic rings. The lowest BCUT2D eigenvalue weighted by atomic mass is 10.2. The summed E-state index contributed by atoms with van der Waals surface area (Å²) in [6.07, 6.45) is 0.593. The maximum atomic E-state index is 14.2. The van der Waals surface area contributed by atoms with Gasteiger partial charge in [-0.1, -0.05) is 24.3 Å². The summed E-state index contributed by atoms with van der Waals surface area (Å²) in [7, 11) is -3.39. The maximum absolute atomic E-state index is 14.2. The highest BCUT2D eigenvalue weighted by atomic mass is 32.3. The molecule has 0 bridgehead atoms. The fourth-order valence-corrected chi connectivity index (χ4v) is 4.45. The van der Waals surface area contributed by atoms with E-state index in [2.05, 4.69) is 0 Å². The molecule has 0 spiro atoms. The van der Waals surface area contributed by atoms with Gasteiger partial charge in [0.2, 0.25) is 0 Å². The summed E-state index contributed by atoms with van der Waals surface area (Å²) in [5.74, 6) is -0.503. The highest BCUT2D eigenvalue weighted by Gasteiger charge is 2.42. The molecule has 2 aromatic carbocycles. The highest BCUT2D eigenvalue weighted by molar-refractivity contribution is 8.27. The Kier molecular flexibility index (Phi) is 4.20. The lowest BCUT2D eigenvalue weighted by molar-refractivity contribution is 0.481. The van der Waals surface area contributed by atoms with Gasteiger partial charge in [-0.15, -0.1) is 0 Å². The summed E-state index contributed by atoms with van der Waals surface area (Å²) in [4.78, 5) is 0. The highest BCUT2D eigenvalue weighted by Crippen LogP contribution is 2.64. The van der Waals surface area contributed by atoms with Crippen LogP contribution in [0.1, 0.15) is 13.3 Å². The van der Waals surface area contributed by atoms with Gasteiger partial charge in [-0.3, -0.25) is 13.4 Å². The Morgan fingerprint density at radius 2 is 1.61 bits per heavy atom. The molecule has 1 heterocycles. The quantitative estimate of drug-likeness (QED) is 0.783. The normalized spacial score (nSPS) is 18.7. The van der Waals surface area contributed by atoms with E-state index in [0.717, 1.165) is 0 Å². The average molecular weight is 337 g/mol. The first-order chi connectivity index (χ1) is 10.9. The second kappa shape index (κ2) is 6.01. The summed E-state index contributed by atoms with van der Waals surface area (Å²) >= 11 is 0. The van der Waals surface area contributed by atoms with Crippen molar-refractivity contribution in [2.45, 2.75) is 19.4 Å². The van der Waals surface area contributed by atoms with Crippen molar-refractivity contribution in [1.29, 1.82) is 0 Å². The fraction of sp³-hybridized carbons (Fsp3) is 0.250. The van der Waals surface area contributed by atoms with Gasteiger partial charge in [0.15, 0.2) is 0 Å². The van der Waals surface area contributed by atoms with E-state index in [0.29, 0.717) is 24.3 Å². The zero-order chi connectivity index (χ0) is 16.6. The van der Waals surface area contributed by atoms with Crippen LogP contribution in [0.5, 0.6) is 0 Å². The van der Waals surface area contributed by atoms with Crippen LogP contribution < -0.4 is 14.3 Å². The molecule has 1 unspecified atom stereocenters. The molecule has 124 valence electrons. The Morgan fingerprint density at radius 3 is 2.22 bits per heavy atom. The van der Waals surface area contributed by atoms with Crippen molar-refractivity contribution >= 4 is 28.0 Å². The van der Waals surface area contributed by atoms with E-state index in [9.17, 15) is 13.5 Å². The van der Waals surface area contributed by atoms with E-state index in [-0.39, 0.29) is 11.7 Å². The molecule has 0 radical (unpaired) electrons. The smallest absolute Gasteiger partial charge is 0.148 e. The van der Waals surface area contributed by atoms with Gasteiger partial charge in [0, 0.05) is 12.6 Å². The van der Waals surface area contributed by atoms with Crippen LogP contribution in [0.3, 0.4) is 0 Å². The van der Waals surface area contributed by atoms with E-state index < -0.39 is 16.8 Å². The molecule has 0 aromatic heterocycles. The van der Waals surface area contributed by atoms with E-state index in [4.69, 9.17) is 5.73 Å². The van der Waals surface area contributed by atoms with Gasteiger partial charge >= 0.3 is 0 Å². The fourth-order valence-electron chi connectivity index (χ4n) is 2.65. The minimum absolute atomic E-state index is 0.0696. The molecule has 0 saturated carbocycles. The van der Waals surface area contributed by atoms with E-state index in [1.165, 1.54) is 20.7 Å². The molecule has 1 aliphatic rings. The first-order valence-corrected chi connectivity index (χ1v) is 8.84. The van der Waals surface area contributed by atoms with Gasteiger partial charge < -0.3 is 5.73 Å². The number of rotatable bonds is 4. The number of fused-ring (bicyclic) bond motifs is 1. The predicted molar refractivity (Wildman–Crippen MR) is 93.4 cm³/mol. The zero-order valence-electron chi connectivity index (χ0n) is 12.8. The number of nitrogens with zero attached hydrogens (tertiary/aromatic N) is 2. The van der Waals surface area contributed by atoms with Crippen LogP contribution in [0.2, 0.25) is 0 Å². The van der Waals surface area contributed by atoms with Crippen LogP contribution in [0.4, 0.5) is 21.5 Å². The van der Waals surface area contributed by atoms with Gasteiger partial charge in [0.1, 0.15) is 11.5 Å². The van der Waals surface area contributed by atoms with Gasteiger partial charge in [0.05, 0.1) is 11.4 Å². The van der Waals surface area contributed by atoms with Crippen molar-refractivity contribution in [3.05, 3.63) is 54.3 Å². The molecule has 23 heavy (non-hydrogen) atoms. The number of halogens is 1. The van der Waals surface area contributed by atoms with Crippen LogP contribution in [0.25, 0.3) is 0 Å². The number of anilines is 3. The summed E-state index contributed by atoms with van der Waals surface area (Å²) in [6.45, 7) is 2.24. The summed E-state index contributed by atoms with van der Waals surface area (Å²) in [6, 6.07) is 13.2. The molecular formula is C16H20FN3O2S. The minimum atomic E-state index is -3.39. The summed E-state index contributed by atoms with van der Waals surface area (Å²) in [5, 5.41) is 0. The summed E-state index contributed by atoms with van der Waals surface area (Å²) in [5.41, 5.74) is 7.17. The minimum Gasteiger partial charge on any atom is -0.328 e. The number of para-hydroxylation sites is 3. The van der Waals surface area contributed by atoms with Crippen molar-refractivity contribution in [2.75, 3.05) is 15.2 Å². The van der Waals surface area contributed by atoms with Gasteiger partial charge in [-0.05, 0) is 48.6 Å². The second-order valence-corrected chi connectivity index (χ2v) is 7.38. The Morgan fingerprint density at radius 1 is 1.04 bits per heavy atom. The molecular weight excluding hydrogens is 317 g/mol. The second-order valence-electron chi connectivity index (χ2n) is 5.59. The van der Waals surface area contributed by atoms with Crippen LogP contribution in [0.15, 0.2) is 48.5 Å². The molecule has 5 nitrogen and oxygen atoms in total. The first-order valence-electron chi connectivity index (χ1n) is 7.38. The molecule has 0 fully saturated rings. The average Bonchev–Trinajstić information content (AvgIpc) is 2.72. The Balaban J connectivity index is 2.09. The van der Waals surface area contributed by atoms with Crippen molar-refractivity contribution in [3.63, 3.8) is 0 Å². The molecule has 1 atom stereocenters. The Hall–Kier alpha value is -1.80. The topological polar surface area (TPSA) is 73.0 Å². The third-order valence-electron chi connectivity index (χ3n) is 3.77. The van der Waals surface area contributed by atoms with Crippen molar-refractivity contribution in [3.8, 4) is 0 Å². The molecule has 0 aliphatic carbocycles. The zero-order valence-corrected chi connectivity index (χ0v) is 13.6. The molecule has 1 aliphatic heterocycles. The first kappa shape index (κ1) is 16.1. The van der Waals surface area contributed by atoms with Gasteiger partial charge in [-0.25, -0.2) is 8.70 Å². The number of hydrogen-bond acceptors (Lipinski definition) is 5. The molecule has 7 heteroatoms. The molecule has 0 saturated heterocycles. The van der Waals surface area contributed by atoms with Gasteiger partial charge in [0.25, 0.3) is 0 Å². The van der Waals surface area contributed by atoms with Gasteiger partial charge in [-0.2, -0.15) is 0 Å². The monoisotopic (exact) mass is 337 g/mol. The van der Waals surface area contributed by atoms with Crippen molar-refractivity contribution in [1.82, 2.24) is 0 Å².